The highest BCUT2D eigenvalue weighted by Crippen LogP contribution is 2.36. The van der Waals surface area contributed by atoms with Crippen LogP contribution in [0.1, 0.15) is 18.9 Å². The monoisotopic (exact) mass is 460 g/mol. The fourth-order valence-electron chi connectivity index (χ4n) is 2.74. The summed E-state index contributed by atoms with van der Waals surface area (Å²) in [6.45, 7) is 2.31. The second kappa shape index (κ2) is 10.8. The highest BCUT2D eigenvalue weighted by atomic mass is 35.5. The van der Waals surface area contributed by atoms with Crippen molar-refractivity contribution in [2.24, 2.45) is 10.2 Å². The number of thioether (sulfide) groups is 1. The van der Waals surface area contributed by atoms with Crippen molar-refractivity contribution in [3.05, 3.63) is 53.1 Å². The number of anilines is 1. The Bertz CT molecular complexity index is 1010. The van der Waals surface area contributed by atoms with Crippen LogP contribution < -0.4 is 20.1 Å². The first-order chi connectivity index (χ1) is 15.0. The maximum atomic E-state index is 12.2. The van der Waals surface area contributed by atoms with Crippen LogP contribution in [0.2, 0.25) is 5.02 Å². The second-order valence-corrected chi connectivity index (χ2v) is 7.93. The van der Waals surface area contributed by atoms with E-state index in [0.717, 1.165) is 11.8 Å². The van der Waals surface area contributed by atoms with E-state index in [9.17, 15) is 9.59 Å². The van der Waals surface area contributed by atoms with Crippen LogP contribution in [-0.4, -0.2) is 42.2 Å². The molecule has 0 aliphatic carbocycles. The van der Waals surface area contributed by atoms with Gasteiger partial charge in [0.1, 0.15) is 5.25 Å². The van der Waals surface area contributed by atoms with Crippen molar-refractivity contribution in [2.45, 2.75) is 18.6 Å². The van der Waals surface area contributed by atoms with Crippen molar-refractivity contribution in [1.82, 2.24) is 5.32 Å². The van der Waals surface area contributed by atoms with Gasteiger partial charge < -0.3 is 20.1 Å². The van der Waals surface area contributed by atoms with Gasteiger partial charge in [-0.25, -0.2) is 0 Å². The van der Waals surface area contributed by atoms with Gasteiger partial charge in [-0.05, 0) is 31.2 Å². The molecule has 2 N–H and O–H groups in total. The van der Waals surface area contributed by atoms with Gasteiger partial charge in [-0.3, -0.25) is 9.59 Å². The van der Waals surface area contributed by atoms with Crippen LogP contribution in [0.15, 0.2) is 52.7 Å². The van der Waals surface area contributed by atoms with Gasteiger partial charge in [0.15, 0.2) is 16.7 Å². The van der Waals surface area contributed by atoms with Crippen molar-refractivity contribution in [3.63, 3.8) is 0 Å². The lowest BCUT2D eigenvalue weighted by molar-refractivity contribution is -0.122. The van der Waals surface area contributed by atoms with E-state index in [1.54, 1.807) is 24.3 Å². The molecule has 1 heterocycles. The van der Waals surface area contributed by atoms with E-state index in [1.807, 2.05) is 25.1 Å². The third-order valence-corrected chi connectivity index (χ3v) is 5.45. The highest BCUT2D eigenvalue weighted by Gasteiger charge is 2.32. The fraction of sp³-hybridized carbons (Fsp3) is 0.238. The van der Waals surface area contributed by atoms with E-state index in [1.165, 1.54) is 13.3 Å². The van der Waals surface area contributed by atoms with Crippen molar-refractivity contribution in [1.29, 1.82) is 0 Å². The van der Waals surface area contributed by atoms with Gasteiger partial charge in [0.2, 0.25) is 11.8 Å². The molecule has 1 saturated heterocycles. The number of para-hydroxylation sites is 1. The number of rotatable bonds is 8. The fourth-order valence-corrected chi connectivity index (χ4v) is 3.93. The summed E-state index contributed by atoms with van der Waals surface area (Å²) in [6.07, 6.45) is 1.51. The summed E-state index contributed by atoms with van der Waals surface area (Å²) in [5.74, 6) is 0.412. The third-order valence-electron chi connectivity index (χ3n) is 4.10. The van der Waals surface area contributed by atoms with Crippen molar-refractivity contribution >= 4 is 52.2 Å². The molecule has 10 heteroatoms. The van der Waals surface area contributed by atoms with Gasteiger partial charge in [-0.1, -0.05) is 41.6 Å². The Kier molecular flexibility index (Phi) is 7.91. The minimum Gasteiger partial charge on any atom is -0.493 e. The molecule has 2 aromatic rings. The summed E-state index contributed by atoms with van der Waals surface area (Å²) in [4.78, 5) is 24.3. The molecule has 0 unspecified atom stereocenters. The molecule has 1 atom stereocenters. The topological polar surface area (TPSA) is 101 Å². The molecular weight excluding hydrogens is 440 g/mol. The normalized spacial score (nSPS) is 17.1. The zero-order valence-corrected chi connectivity index (χ0v) is 18.5. The number of benzene rings is 2. The van der Waals surface area contributed by atoms with Gasteiger partial charge in [0, 0.05) is 17.7 Å². The first-order valence-electron chi connectivity index (χ1n) is 9.44. The Balaban J connectivity index is 1.61. The van der Waals surface area contributed by atoms with E-state index in [2.05, 4.69) is 20.8 Å². The quantitative estimate of drug-likeness (QED) is 0.462. The van der Waals surface area contributed by atoms with Crippen LogP contribution in [-0.2, 0) is 9.59 Å². The average molecular weight is 461 g/mol. The van der Waals surface area contributed by atoms with Crippen molar-refractivity contribution in [2.75, 3.05) is 19.0 Å². The summed E-state index contributed by atoms with van der Waals surface area (Å²) in [5.41, 5.74) is 1.33. The summed E-state index contributed by atoms with van der Waals surface area (Å²) in [6, 6.07) is 12.5. The molecule has 2 aromatic carbocycles. The number of amides is 2. The van der Waals surface area contributed by atoms with Crippen molar-refractivity contribution in [3.8, 4) is 11.5 Å². The van der Waals surface area contributed by atoms with Gasteiger partial charge in [-0.15, -0.1) is 5.10 Å². The summed E-state index contributed by atoms with van der Waals surface area (Å²) in [5, 5.41) is 13.6. The number of hydrogen-bond acceptors (Lipinski definition) is 7. The number of nitrogens with zero attached hydrogens (tertiary/aromatic N) is 2. The SMILES string of the molecule is CCOc1c(Cl)cc(/C=N\N=C2\NC(=O)[C@H](CC(=O)Nc3ccccc3)S2)cc1OC. The molecule has 31 heavy (non-hydrogen) atoms. The van der Waals surface area contributed by atoms with Gasteiger partial charge >= 0.3 is 0 Å². The molecule has 0 radical (unpaired) electrons. The van der Waals surface area contributed by atoms with Gasteiger partial charge in [-0.2, -0.15) is 5.10 Å². The standard InChI is InChI=1S/C21H21ClN4O4S/c1-3-30-19-15(22)9-13(10-16(19)29-2)12-23-26-21-25-20(28)17(31-21)11-18(27)24-14-7-5-4-6-8-14/h4-10,12,17H,3,11H2,1-2H3,(H,24,27)(H,25,26,28)/b23-12-/t17-/m0/s1. The molecule has 0 spiro atoms. The van der Waals surface area contributed by atoms with E-state index in [0.29, 0.717) is 39.5 Å². The van der Waals surface area contributed by atoms with Crippen LogP contribution in [0, 0.1) is 0 Å². The summed E-state index contributed by atoms with van der Waals surface area (Å²) >= 11 is 7.40. The lowest BCUT2D eigenvalue weighted by atomic mass is 10.2. The predicted octanol–water partition coefficient (Wildman–Crippen LogP) is 3.70. The molecule has 3 rings (SSSR count). The molecule has 1 aliphatic rings. The predicted molar refractivity (Wildman–Crippen MR) is 123 cm³/mol. The lowest BCUT2D eigenvalue weighted by Gasteiger charge is -2.11. The molecule has 2 amide bonds. The number of methoxy groups -OCH3 is 1. The molecule has 1 fully saturated rings. The first kappa shape index (κ1) is 22.6. The van der Waals surface area contributed by atoms with Gasteiger partial charge in [0.25, 0.3) is 0 Å². The second-order valence-electron chi connectivity index (χ2n) is 6.33. The number of amidine groups is 1. The number of nitrogens with one attached hydrogen (secondary N) is 2. The van der Waals surface area contributed by atoms with E-state index >= 15 is 0 Å². The van der Waals surface area contributed by atoms with Crippen molar-refractivity contribution < 1.29 is 19.1 Å². The first-order valence-corrected chi connectivity index (χ1v) is 10.7. The Labute approximate surface area is 189 Å². The molecule has 1 aliphatic heterocycles. The Morgan fingerprint density at radius 1 is 1.32 bits per heavy atom. The zero-order chi connectivity index (χ0) is 22.2. The Morgan fingerprint density at radius 3 is 2.81 bits per heavy atom. The molecule has 0 aromatic heterocycles. The molecular formula is C21H21ClN4O4S. The lowest BCUT2D eigenvalue weighted by Crippen LogP contribution is -2.28. The smallest absolute Gasteiger partial charge is 0.240 e. The number of carbonyl (C=O) groups is 2. The van der Waals surface area contributed by atoms with Crippen LogP contribution in [0.5, 0.6) is 11.5 Å². The Morgan fingerprint density at radius 2 is 2.10 bits per heavy atom. The number of halogens is 1. The number of hydrogen-bond donors (Lipinski definition) is 2. The van der Waals surface area contributed by atoms with E-state index < -0.39 is 5.25 Å². The molecule has 0 saturated carbocycles. The van der Waals surface area contributed by atoms with Gasteiger partial charge in [0.05, 0.1) is 25.0 Å². The van der Waals surface area contributed by atoms with E-state index in [-0.39, 0.29) is 18.2 Å². The van der Waals surface area contributed by atoms with Crippen LogP contribution in [0.3, 0.4) is 0 Å². The molecule has 8 nitrogen and oxygen atoms in total. The maximum Gasteiger partial charge on any atom is 0.240 e. The minimum atomic E-state index is -0.572. The summed E-state index contributed by atoms with van der Waals surface area (Å²) < 4.78 is 10.8. The summed E-state index contributed by atoms with van der Waals surface area (Å²) in [7, 11) is 1.52. The molecule has 162 valence electrons. The zero-order valence-electron chi connectivity index (χ0n) is 16.9. The van der Waals surface area contributed by atoms with Crippen LogP contribution in [0.25, 0.3) is 0 Å². The highest BCUT2D eigenvalue weighted by molar-refractivity contribution is 8.15. The third kappa shape index (κ3) is 6.22. The number of ether oxygens (including phenoxy) is 2. The Hall–Kier alpha value is -3.04. The number of carbonyl (C=O) groups excluding carboxylic acids is 2. The largest absolute Gasteiger partial charge is 0.493 e. The van der Waals surface area contributed by atoms with Crippen LogP contribution in [0.4, 0.5) is 5.69 Å². The molecule has 0 bridgehead atoms. The van der Waals surface area contributed by atoms with Crippen LogP contribution >= 0.6 is 23.4 Å². The minimum absolute atomic E-state index is 0.0276. The maximum absolute atomic E-state index is 12.2. The average Bonchev–Trinajstić information content (AvgIpc) is 3.09. The van der Waals surface area contributed by atoms with E-state index in [4.69, 9.17) is 21.1 Å².